The molecule has 0 fully saturated rings. The van der Waals surface area contributed by atoms with Gasteiger partial charge in [-0.25, -0.2) is 4.79 Å². The summed E-state index contributed by atoms with van der Waals surface area (Å²) in [5.41, 5.74) is 75.7. The Kier molecular flexibility index (Phi) is 40.5. The van der Waals surface area contributed by atoms with Gasteiger partial charge in [0.1, 0.15) is 54.4 Å². The molecule has 1 aromatic heterocycles. The highest BCUT2D eigenvalue weighted by atomic mass is 16.4. The van der Waals surface area contributed by atoms with Gasteiger partial charge in [0.15, 0.2) is 35.8 Å². The molecule has 9 amide bonds. The number of hydrogen-bond donors (Lipinski definition) is 24. The van der Waals surface area contributed by atoms with Gasteiger partial charge in [-0.05, 0) is 112 Å². The molecule has 2 aromatic carbocycles. The molecule has 1 heterocycles. The highest BCUT2D eigenvalue weighted by Gasteiger charge is 2.38. The van der Waals surface area contributed by atoms with E-state index in [0.29, 0.717) is 5.56 Å². The lowest BCUT2D eigenvalue weighted by Gasteiger charge is -2.31. The number of amides is 9. The van der Waals surface area contributed by atoms with Crippen LogP contribution < -0.4 is 122 Å². The maximum absolute atomic E-state index is 15.0. The van der Waals surface area contributed by atoms with Crippen molar-refractivity contribution in [3.8, 4) is 0 Å². The Balaban J connectivity index is 2.08. The van der Waals surface area contributed by atoms with Gasteiger partial charge < -0.3 is 132 Å². The summed E-state index contributed by atoms with van der Waals surface area (Å²) in [6.45, 7) is 6.79. The van der Waals surface area contributed by atoms with Crippen molar-refractivity contribution in [1.29, 1.82) is 0 Å². The Bertz CT molecular complexity index is 3580. The predicted octanol–water partition coefficient (Wildman–Crippen LogP) is -5.86. The number of nitrogens with two attached hydrogens (primary N) is 13. The zero-order valence-corrected chi connectivity index (χ0v) is 62.0. The molecule has 0 bridgehead atoms. The summed E-state index contributed by atoms with van der Waals surface area (Å²) in [5.74, 6) is -11.9. The van der Waals surface area contributed by atoms with Gasteiger partial charge in [-0.3, -0.25) is 73.1 Å². The van der Waals surface area contributed by atoms with Gasteiger partial charge in [-0.15, -0.1) is 0 Å². The minimum Gasteiger partial charge on any atom is -0.480 e. The first kappa shape index (κ1) is 90.5. The molecule has 0 aliphatic carbocycles. The second-order valence-electron chi connectivity index (χ2n) is 26.1. The summed E-state index contributed by atoms with van der Waals surface area (Å²) in [7, 11) is 0. The molecule has 40 heteroatoms. The maximum atomic E-state index is 15.0. The summed E-state index contributed by atoms with van der Waals surface area (Å²) in [4.78, 5) is 171. The van der Waals surface area contributed by atoms with Crippen molar-refractivity contribution in [1.82, 2.24) is 52.8 Å². The van der Waals surface area contributed by atoms with Crippen LogP contribution in [0.4, 0.5) is 0 Å². The van der Waals surface area contributed by atoms with E-state index < -0.39 is 131 Å². The molecule has 598 valence electrons. The first-order valence-electron chi connectivity index (χ1n) is 35.9. The number of fused-ring (bicyclic) bond motifs is 1. The van der Waals surface area contributed by atoms with Crippen molar-refractivity contribution in [2.24, 2.45) is 116 Å². The molecule has 0 saturated heterocycles. The van der Waals surface area contributed by atoms with E-state index in [4.69, 9.17) is 74.5 Å². The molecule has 0 aliphatic heterocycles. The fourth-order valence-electron chi connectivity index (χ4n) is 11.1. The number of carboxylic acids is 1. The van der Waals surface area contributed by atoms with Crippen molar-refractivity contribution < 1.29 is 53.1 Å². The second-order valence-corrected chi connectivity index (χ2v) is 26.1. The standard InChI is InChI=1S/C68H115N29O11/c1-5-37(3)51(60(105)92-46(24-14-30-84-65(74)75)56(101)94-49(62(107)108)27-17-33-87-68(80)81)97-58(103)48(26-16-32-86-67(78)79)93-61(106)52(38(4)6-2)96-57(102)47(25-15-31-85-66(76)77)90-54(99)44(22-12-28-82-63(70)71)89-55(100)45(23-13-29-83-64(72)73)91-59(104)50(35-40-36-88-43-21-11-10-20-41(40)43)95-53(98)42(69)34-39-18-8-7-9-19-39/h7-11,18-21,36-38,42,44-52,88H,5-6,12-17,22-35,69H2,1-4H3,(H,89,100)(H,90,99)(H,91,104)(H,92,105)(H,93,106)(H,94,101)(H,95,98)(H,96,102)(H,97,103)(H,107,108)(H4,70,71,82)(H4,72,73,83)(H4,74,75,84)(H4,76,77,85)(H4,78,79,86)(H4,80,81,87)/t37-,38-,42-,44-,45-,46-,47-,48-,49-,50-,51-,52-/m0/s1. The van der Waals surface area contributed by atoms with Crippen molar-refractivity contribution >= 4 is 106 Å². The van der Waals surface area contributed by atoms with Gasteiger partial charge in [0, 0.05) is 62.8 Å². The number of carboxylic acid groups (broad SMARTS) is 1. The minimum absolute atomic E-state index is 0.00594. The van der Waals surface area contributed by atoms with Crippen LogP contribution in [0.1, 0.15) is 129 Å². The summed E-state index contributed by atoms with van der Waals surface area (Å²) >= 11 is 0. The van der Waals surface area contributed by atoms with Crippen LogP contribution in [0.2, 0.25) is 0 Å². The summed E-state index contributed by atoms with van der Waals surface area (Å²) in [6.07, 6.45) is 2.13. The lowest BCUT2D eigenvalue weighted by molar-refractivity contribution is -0.142. The first-order chi connectivity index (χ1) is 51.2. The van der Waals surface area contributed by atoms with E-state index in [0.717, 1.165) is 16.5 Å². The normalized spacial score (nSPS) is 14.3. The average molecular weight is 1510 g/mol. The Morgan fingerprint density at radius 1 is 0.370 bits per heavy atom. The van der Waals surface area contributed by atoms with Crippen LogP contribution in [0, 0.1) is 11.8 Å². The number of aromatic nitrogens is 1. The highest BCUT2D eigenvalue weighted by molar-refractivity contribution is 5.99. The number of nitrogens with zero attached hydrogens (tertiary/aromatic N) is 6. The molecule has 0 aliphatic rings. The Morgan fingerprint density at radius 3 is 0.991 bits per heavy atom. The van der Waals surface area contributed by atoms with Crippen molar-refractivity contribution in [2.45, 2.75) is 191 Å². The van der Waals surface area contributed by atoms with Crippen LogP contribution in [0.15, 0.2) is 90.7 Å². The van der Waals surface area contributed by atoms with Crippen LogP contribution in [-0.2, 0) is 60.8 Å². The number of guanidine groups is 6. The fraction of sp³-hybridized carbons (Fsp3) is 0.559. The van der Waals surface area contributed by atoms with E-state index in [9.17, 15) is 53.1 Å². The number of H-pyrrole nitrogens is 1. The quantitative estimate of drug-likeness (QED) is 0.0142. The van der Waals surface area contributed by atoms with Gasteiger partial charge in [0.05, 0.1) is 6.04 Å². The van der Waals surface area contributed by atoms with E-state index in [1.165, 1.54) is 0 Å². The van der Waals surface area contributed by atoms with Gasteiger partial charge >= 0.3 is 5.97 Å². The van der Waals surface area contributed by atoms with Crippen LogP contribution in [-0.4, -0.2) is 205 Å². The molecule has 108 heavy (non-hydrogen) atoms. The molecule has 0 spiro atoms. The van der Waals surface area contributed by atoms with Crippen LogP contribution in [0.3, 0.4) is 0 Å². The smallest absolute Gasteiger partial charge is 0.326 e. The number of nitrogens with one attached hydrogen (secondary N) is 10. The van der Waals surface area contributed by atoms with E-state index in [1.807, 2.05) is 30.3 Å². The van der Waals surface area contributed by atoms with Crippen LogP contribution in [0.25, 0.3) is 10.9 Å². The lowest BCUT2D eigenvalue weighted by atomic mass is 9.95. The number of rotatable bonds is 51. The van der Waals surface area contributed by atoms with Gasteiger partial charge in [-0.2, -0.15) is 0 Å². The van der Waals surface area contributed by atoms with Crippen LogP contribution in [0.5, 0.6) is 0 Å². The number of aliphatic carboxylic acids is 1. The molecule has 3 rings (SSSR count). The molecule has 0 radical (unpaired) electrons. The third-order valence-corrected chi connectivity index (χ3v) is 17.4. The Hall–Kier alpha value is -11.7. The molecular formula is C68H115N29O11. The summed E-state index contributed by atoms with van der Waals surface area (Å²) < 4.78 is 0. The summed E-state index contributed by atoms with van der Waals surface area (Å²) in [5, 5.41) is 35.2. The molecule has 3 aromatic rings. The number of benzene rings is 2. The number of hydrogen-bond acceptors (Lipinski definition) is 17. The molecule has 12 atom stereocenters. The minimum atomic E-state index is -1.50. The van der Waals surface area contributed by atoms with E-state index >= 15 is 0 Å². The van der Waals surface area contributed by atoms with Gasteiger partial charge in [0.25, 0.3) is 0 Å². The third kappa shape index (κ3) is 34.5. The van der Waals surface area contributed by atoms with Gasteiger partial charge in [0.2, 0.25) is 53.2 Å². The highest BCUT2D eigenvalue weighted by Crippen LogP contribution is 2.21. The SMILES string of the molecule is CC[C@H](C)[C@H](NC(=O)[C@H](CCCN=C(N)N)NC(=O)[C@@H](NC(=O)[C@H](CCCN=C(N)N)NC(=O)[C@H](CCCN=C(N)N)NC(=O)[C@H](CCCN=C(N)N)NC(=O)[C@H](Cc1c[nH]c2ccccc12)NC(=O)[C@@H](N)Cc1ccccc1)[C@@H](C)CC)C(=O)N[C@@H](CCCN=C(N)N)C(=O)N[C@@H](CCCN=C(N)N)C(=O)O. The maximum Gasteiger partial charge on any atom is 0.326 e. The predicted molar refractivity (Wildman–Crippen MR) is 414 cm³/mol. The van der Waals surface area contributed by atoms with Crippen molar-refractivity contribution in [3.05, 3.63) is 71.9 Å². The molecule has 40 nitrogen and oxygen atoms in total. The number of aromatic amines is 1. The number of carbonyl (C=O) groups excluding carboxylic acids is 9. The zero-order chi connectivity index (χ0) is 80.4. The zero-order valence-electron chi connectivity index (χ0n) is 62.0. The van der Waals surface area contributed by atoms with Crippen molar-refractivity contribution in [2.75, 3.05) is 39.3 Å². The van der Waals surface area contributed by atoms with E-state index in [-0.39, 0.29) is 178 Å². The monoisotopic (exact) mass is 1510 g/mol. The second kappa shape index (κ2) is 48.4. The average Bonchev–Trinajstić information content (AvgIpc) is 1.60. The molecule has 0 unspecified atom stereocenters. The summed E-state index contributed by atoms with van der Waals surface area (Å²) in [6, 6.07) is 2.37. The first-order valence-corrected chi connectivity index (χ1v) is 35.9. The number of para-hydroxylation sites is 1. The fourth-order valence-corrected chi connectivity index (χ4v) is 11.1. The van der Waals surface area contributed by atoms with Gasteiger partial charge in [-0.1, -0.05) is 89.1 Å². The Morgan fingerprint density at radius 2 is 0.657 bits per heavy atom. The number of carbonyl (C=O) groups is 10. The van der Waals surface area contributed by atoms with Crippen LogP contribution >= 0.6 is 0 Å². The third-order valence-electron chi connectivity index (χ3n) is 17.4. The Labute approximate surface area is 627 Å². The van der Waals surface area contributed by atoms with Crippen molar-refractivity contribution in [3.63, 3.8) is 0 Å². The van der Waals surface area contributed by atoms with E-state index in [2.05, 4.69) is 82.8 Å². The lowest BCUT2D eigenvalue weighted by Crippen LogP contribution is -2.62. The van der Waals surface area contributed by atoms with E-state index in [1.54, 1.807) is 58.2 Å². The number of aliphatic imine (C=N–C) groups is 6. The molecule has 0 saturated carbocycles. The topological polar surface area (TPSA) is 727 Å². The largest absolute Gasteiger partial charge is 0.480 e. The molecule has 37 N–H and O–H groups in total. The molecular weight excluding hydrogens is 1400 g/mol.